The lowest BCUT2D eigenvalue weighted by Crippen LogP contribution is -2.14. The Labute approximate surface area is 131 Å². The van der Waals surface area contributed by atoms with E-state index in [2.05, 4.69) is 4.98 Å². The Balaban J connectivity index is 2.74. The van der Waals surface area contributed by atoms with Crippen LogP contribution in [0.1, 0.15) is 16.8 Å². The van der Waals surface area contributed by atoms with Gasteiger partial charge >= 0.3 is 18.3 Å². The Bertz CT molecular complexity index is 767. The van der Waals surface area contributed by atoms with Gasteiger partial charge in [-0.25, -0.2) is 0 Å². The maximum atomic E-state index is 13.2. The molecule has 3 nitrogen and oxygen atoms in total. The second kappa shape index (κ2) is 6.14. The van der Waals surface area contributed by atoms with Crippen molar-refractivity contribution in [2.24, 2.45) is 0 Å². The van der Waals surface area contributed by atoms with E-state index in [1.807, 2.05) is 0 Å². The molecule has 1 aromatic carbocycles. The summed E-state index contributed by atoms with van der Waals surface area (Å²) in [5, 5.41) is 8.83. The molecule has 0 aliphatic carbocycles. The number of carboxylic acid groups (broad SMARTS) is 1. The van der Waals surface area contributed by atoms with Gasteiger partial charge in [-0.3, -0.25) is 9.78 Å². The molecule has 1 heterocycles. The van der Waals surface area contributed by atoms with Crippen LogP contribution in [0.3, 0.4) is 0 Å². The first kappa shape index (κ1) is 17.8. The van der Waals surface area contributed by atoms with Crippen molar-refractivity contribution in [2.45, 2.75) is 18.8 Å². The van der Waals surface area contributed by atoms with E-state index in [1.165, 1.54) is 0 Å². The van der Waals surface area contributed by atoms with E-state index < -0.39 is 47.1 Å². The number of alkyl halides is 6. The number of pyridine rings is 1. The van der Waals surface area contributed by atoms with Crippen LogP contribution in [-0.2, 0) is 23.6 Å². The predicted molar refractivity (Wildman–Crippen MR) is 71.0 cm³/mol. The highest BCUT2D eigenvalue weighted by Gasteiger charge is 2.37. The van der Waals surface area contributed by atoms with Gasteiger partial charge in [0.25, 0.3) is 0 Å². The highest BCUT2D eigenvalue weighted by Crippen LogP contribution is 2.39. The number of aliphatic carboxylic acids is 1. The van der Waals surface area contributed by atoms with Gasteiger partial charge in [0.1, 0.15) is 0 Å². The molecule has 0 radical (unpaired) electrons. The zero-order valence-corrected chi connectivity index (χ0v) is 11.7. The molecule has 128 valence electrons. The second-order valence-corrected chi connectivity index (χ2v) is 4.84. The maximum Gasteiger partial charge on any atom is 0.433 e. The topological polar surface area (TPSA) is 50.2 Å². The van der Waals surface area contributed by atoms with Crippen molar-refractivity contribution in [3.63, 3.8) is 0 Å². The van der Waals surface area contributed by atoms with Crippen LogP contribution < -0.4 is 0 Å². The van der Waals surface area contributed by atoms with Crippen molar-refractivity contribution in [3.05, 3.63) is 53.3 Å². The number of halogens is 6. The first-order valence-electron chi connectivity index (χ1n) is 6.44. The summed E-state index contributed by atoms with van der Waals surface area (Å²) in [7, 11) is 0. The first-order valence-corrected chi connectivity index (χ1v) is 6.44. The van der Waals surface area contributed by atoms with E-state index in [9.17, 15) is 31.1 Å². The van der Waals surface area contributed by atoms with E-state index in [4.69, 9.17) is 5.11 Å². The summed E-state index contributed by atoms with van der Waals surface area (Å²) in [4.78, 5) is 14.0. The van der Waals surface area contributed by atoms with Crippen LogP contribution in [0, 0.1) is 0 Å². The lowest BCUT2D eigenvalue weighted by Gasteiger charge is -2.16. The summed E-state index contributed by atoms with van der Waals surface area (Å²) in [5.41, 5.74) is -3.91. The third-order valence-corrected chi connectivity index (χ3v) is 3.13. The molecule has 0 bridgehead atoms. The monoisotopic (exact) mass is 349 g/mol. The van der Waals surface area contributed by atoms with E-state index in [0.29, 0.717) is 12.1 Å². The number of nitrogens with zero attached hydrogens (tertiary/aromatic N) is 1. The molecule has 0 amide bonds. The molecule has 1 aromatic heterocycles. The summed E-state index contributed by atoms with van der Waals surface area (Å²) in [6.07, 6.45) is -9.70. The molecule has 2 rings (SSSR count). The molecule has 0 aliphatic rings. The average Bonchev–Trinajstić information content (AvgIpc) is 2.44. The first-order chi connectivity index (χ1) is 11.0. The quantitative estimate of drug-likeness (QED) is 0.835. The Morgan fingerprint density at radius 2 is 1.71 bits per heavy atom. The summed E-state index contributed by atoms with van der Waals surface area (Å²) < 4.78 is 77.9. The van der Waals surface area contributed by atoms with E-state index >= 15 is 0 Å². The number of carboxylic acids is 1. The molecule has 0 saturated heterocycles. The zero-order chi connectivity index (χ0) is 18.1. The van der Waals surface area contributed by atoms with Gasteiger partial charge in [0.15, 0.2) is 5.69 Å². The summed E-state index contributed by atoms with van der Waals surface area (Å²) in [6, 6.07) is 4.29. The van der Waals surface area contributed by atoms with Crippen LogP contribution in [0.5, 0.6) is 0 Å². The standard InChI is InChI=1S/C15H9F6NO2/c16-14(17,18)10-3-1-2-8(6-10)12-9(7-11(23)24)4-5-22-13(12)15(19,20)21/h1-6H,7H2,(H,23,24). The summed E-state index contributed by atoms with van der Waals surface area (Å²) >= 11 is 0. The highest BCUT2D eigenvalue weighted by atomic mass is 19.4. The van der Waals surface area contributed by atoms with Crippen molar-refractivity contribution in [2.75, 3.05) is 0 Å². The maximum absolute atomic E-state index is 13.2. The molecule has 0 unspecified atom stereocenters. The second-order valence-electron chi connectivity index (χ2n) is 4.84. The van der Waals surface area contributed by atoms with Crippen LogP contribution >= 0.6 is 0 Å². The fourth-order valence-corrected chi connectivity index (χ4v) is 2.20. The van der Waals surface area contributed by atoms with Gasteiger partial charge in [0.2, 0.25) is 0 Å². The molecular weight excluding hydrogens is 340 g/mol. The normalized spacial score (nSPS) is 12.2. The number of hydrogen-bond donors (Lipinski definition) is 1. The summed E-state index contributed by atoms with van der Waals surface area (Å²) in [6.45, 7) is 0. The molecule has 0 spiro atoms. The Morgan fingerprint density at radius 1 is 1.04 bits per heavy atom. The minimum atomic E-state index is -4.95. The Kier molecular flexibility index (Phi) is 4.54. The van der Waals surface area contributed by atoms with Crippen LogP contribution in [0.15, 0.2) is 36.5 Å². The number of carbonyl (C=O) groups is 1. The minimum absolute atomic E-state index is 0.274. The molecule has 0 fully saturated rings. The lowest BCUT2D eigenvalue weighted by molar-refractivity contribution is -0.141. The van der Waals surface area contributed by atoms with E-state index in [0.717, 1.165) is 24.4 Å². The fourth-order valence-electron chi connectivity index (χ4n) is 2.20. The van der Waals surface area contributed by atoms with Crippen LogP contribution in [0.2, 0.25) is 0 Å². The SMILES string of the molecule is O=C(O)Cc1ccnc(C(F)(F)F)c1-c1cccc(C(F)(F)F)c1. The van der Waals surface area contributed by atoms with Gasteiger partial charge in [-0.2, -0.15) is 26.3 Å². The largest absolute Gasteiger partial charge is 0.481 e. The zero-order valence-electron chi connectivity index (χ0n) is 11.7. The van der Waals surface area contributed by atoms with Gasteiger partial charge in [0.05, 0.1) is 12.0 Å². The number of benzene rings is 1. The van der Waals surface area contributed by atoms with Crippen molar-refractivity contribution >= 4 is 5.97 Å². The van der Waals surface area contributed by atoms with Crippen molar-refractivity contribution in [1.29, 1.82) is 0 Å². The molecule has 2 aromatic rings. The Hall–Kier alpha value is -2.58. The molecule has 24 heavy (non-hydrogen) atoms. The highest BCUT2D eigenvalue weighted by molar-refractivity contribution is 5.78. The predicted octanol–water partition coefficient (Wildman–Crippen LogP) is 4.41. The van der Waals surface area contributed by atoms with Gasteiger partial charge in [-0.05, 0) is 29.3 Å². The van der Waals surface area contributed by atoms with Crippen molar-refractivity contribution in [3.8, 4) is 11.1 Å². The van der Waals surface area contributed by atoms with Crippen LogP contribution in [0.25, 0.3) is 11.1 Å². The van der Waals surface area contributed by atoms with Crippen LogP contribution in [-0.4, -0.2) is 16.1 Å². The average molecular weight is 349 g/mol. The molecule has 1 N–H and O–H groups in total. The third kappa shape index (κ3) is 3.84. The molecule has 0 atom stereocenters. The number of hydrogen-bond acceptors (Lipinski definition) is 2. The van der Waals surface area contributed by atoms with Gasteiger partial charge in [0, 0.05) is 11.8 Å². The minimum Gasteiger partial charge on any atom is -0.481 e. The number of aromatic nitrogens is 1. The van der Waals surface area contributed by atoms with Gasteiger partial charge < -0.3 is 5.11 Å². The smallest absolute Gasteiger partial charge is 0.433 e. The Morgan fingerprint density at radius 3 is 2.25 bits per heavy atom. The molecular formula is C15H9F6NO2. The third-order valence-electron chi connectivity index (χ3n) is 3.13. The molecule has 0 aliphatic heterocycles. The van der Waals surface area contributed by atoms with Crippen molar-refractivity contribution < 1.29 is 36.2 Å². The fraction of sp³-hybridized carbons (Fsp3) is 0.200. The lowest BCUT2D eigenvalue weighted by atomic mass is 9.94. The molecule has 9 heteroatoms. The van der Waals surface area contributed by atoms with E-state index in [-0.39, 0.29) is 5.56 Å². The van der Waals surface area contributed by atoms with Crippen molar-refractivity contribution in [1.82, 2.24) is 4.98 Å². The summed E-state index contributed by atoms with van der Waals surface area (Å²) in [5.74, 6) is -1.41. The van der Waals surface area contributed by atoms with Gasteiger partial charge in [-0.15, -0.1) is 0 Å². The van der Waals surface area contributed by atoms with Gasteiger partial charge in [-0.1, -0.05) is 12.1 Å². The van der Waals surface area contributed by atoms with E-state index in [1.54, 1.807) is 0 Å². The molecule has 0 saturated carbocycles. The van der Waals surface area contributed by atoms with Crippen LogP contribution in [0.4, 0.5) is 26.3 Å². The number of rotatable bonds is 3.